The first-order valence-corrected chi connectivity index (χ1v) is 8.20. The normalized spacial score (nSPS) is 10.7. The highest BCUT2D eigenvalue weighted by Crippen LogP contribution is 2.11. The number of amides is 2. The molecule has 2 amide bonds. The molecule has 0 spiro atoms. The molecule has 7 nitrogen and oxygen atoms in total. The van der Waals surface area contributed by atoms with Crippen molar-refractivity contribution in [1.29, 1.82) is 0 Å². The fourth-order valence-electron chi connectivity index (χ4n) is 2.33. The van der Waals surface area contributed by atoms with Crippen molar-refractivity contribution in [2.75, 3.05) is 6.61 Å². The van der Waals surface area contributed by atoms with Crippen LogP contribution >= 0.6 is 0 Å². The lowest BCUT2D eigenvalue weighted by Gasteiger charge is -2.05. The maximum atomic E-state index is 12.1. The molecule has 27 heavy (non-hydrogen) atoms. The quantitative estimate of drug-likeness (QED) is 0.497. The number of ether oxygens (including phenoxy) is 1. The monoisotopic (exact) mass is 362 g/mol. The average Bonchev–Trinajstić information content (AvgIpc) is 3.22. The van der Waals surface area contributed by atoms with Gasteiger partial charge in [0, 0.05) is 23.6 Å². The van der Waals surface area contributed by atoms with Gasteiger partial charge in [-0.3, -0.25) is 9.59 Å². The van der Waals surface area contributed by atoms with Gasteiger partial charge in [-0.2, -0.15) is 5.10 Å². The number of hydrazone groups is 1. The third kappa shape index (κ3) is 5.05. The van der Waals surface area contributed by atoms with Crippen LogP contribution < -0.4 is 15.9 Å². The van der Waals surface area contributed by atoms with E-state index < -0.39 is 5.91 Å². The van der Waals surface area contributed by atoms with Gasteiger partial charge in [-0.15, -0.1) is 0 Å². The second-order valence-corrected chi connectivity index (χ2v) is 5.66. The average molecular weight is 362 g/mol. The molecule has 3 aromatic rings. The smallest absolute Gasteiger partial charge is 0.271 e. The number of nitrogens with one attached hydrogen (secondary N) is 1. The highest BCUT2D eigenvalue weighted by atomic mass is 16.5. The molecule has 1 aromatic heterocycles. The Bertz CT molecular complexity index is 930. The Morgan fingerprint density at radius 1 is 1.04 bits per heavy atom. The molecule has 0 radical (unpaired) electrons. The molecule has 0 aliphatic rings. The number of carbonyl (C=O) groups is 2. The van der Waals surface area contributed by atoms with Crippen LogP contribution in [0.15, 0.2) is 78.2 Å². The van der Waals surface area contributed by atoms with Gasteiger partial charge in [-0.05, 0) is 66.2 Å². The topological polar surface area (TPSA) is 98.7 Å². The van der Waals surface area contributed by atoms with Crippen LogP contribution in [0.25, 0.3) is 5.69 Å². The lowest BCUT2D eigenvalue weighted by atomic mass is 10.2. The Labute approximate surface area is 156 Å². The van der Waals surface area contributed by atoms with Gasteiger partial charge < -0.3 is 15.0 Å². The maximum absolute atomic E-state index is 12.1. The molecule has 0 atom stereocenters. The number of rotatable bonds is 7. The molecule has 0 fully saturated rings. The first kappa shape index (κ1) is 17.9. The van der Waals surface area contributed by atoms with E-state index in [1.165, 1.54) is 6.21 Å². The summed E-state index contributed by atoms with van der Waals surface area (Å²) < 4.78 is 7.12. The minimum atomic E-state index is -0.537. The van der Waals surface area contributed by atoms with E-state index >= 15 is 0 Å². The molecule has 0 bridgehead atoms. The van der Waals surface area contributed by atoms with Gasteiger partial charge in [0.2, 0.25) is 0 Å². The number of aromatic nitrogens is 1. The number of nitrogens with two attached hydrogens (primary N) is 1. The Balaban J connectivity index is 1.54. The predicted molar refractivity (Wildman–Crippen MR) is 102 cm³/mol. The second kappa shape index (κ2) is 8.48. The van der Waals surface area contributed by atoms with Crippen molar-refractivity contribution < 1.29 is 14.3 Å². The van der Waals surface area contributed by atoms with Crippen molar-refractivity contribution in [3.05, 3.63) is 84.2 Å². The molecule has 2 aromatic carbocycles. The Morgan fingerprint density at radius 3 is 2.33 bits per heavy atom. The van der Waals surface area contributed by atoms with Crippen LogP contribution in [0.5, 0.6) is 5.75 Å². The van der Waals surface area contributed by atoms with Gasteiger partial charge in [0.1, 0.15) is 5.75 Å². The highest BCUT2D eigenvalue weighted by molar-refractivity contribution is 5.95. The van der Waals surface area contributed by atoms with E-state index in [1.807, 2.05) is 41.2 Å². The molecule has 3 rings (SSSR count). The zero-order chi connectivity index (χ0) is 19.1. The number of carbonyl (C=O) groups excluding carboxylic acids is 2. The second-order valence-electron chi connectivity index (χ2n) is 5.66. The molecule has 3 N–H and O–H groups in total. The number of benzene rings is 2. The molecule has 0 aliphatic carbocycles. The van der Waals surface area contributed by atoms with Crippen molar-refractivity contribution in [2.45, 2.75) is 0 Å². The largest absolute Gasteiger partial charge is 0.484 e. The number of nitrogens with zero attached hydrogens (tertiary/aromatic N) is 2. The van der Waals surface area contributed by atoms with Gasteiger partial charge in [-0.25, -0.2) is 5.43 Å². The molecule has 0 saturated heterocycles. The third-order valence-electron chi connectivity index (χ3n) is 3.67. The molecule has 0 saturated carbocycles. The molecule has 0 aliphatic heterocycles. The SMILES string of the molecule is NC(=O)COc1ccc(/C=N/NC(=O)c2ccc(-n3cccc3)cc2)cc1. The summed E-state index contributed by atoms with van der Waals surface area (Å²) >= 11 is 0. The first-order valence-electron chi connectivity index (χ1n) is 8.20. The van der Waals surface area contributed by atoms with E-state index in [-0.39, 0.29) is 12.5 Å². The summed E-state index contributed by atoms with van der Waals surface area (Å²) in [6, 6.07) is 18.0. The minimum absolute atomic E-state index is 0.174. The number of hydrogen-bond acceptors (Lipinski definition) is 4. The maximum Gasteiger partial charge on any atom is 0.271 e. The van der Waals surface area contributed by atoms with Crippen LogP contribution in [0.3, 0.4) is 0 Å². The van der Waals surface area contributed by atoms with Gasteiger partial charge in [0.15, 0.2) is 6.61 Å². The predicted octanol–water partition coefficient (Wildman–Crippen LogP) is 2.11. The van der Waals surface area contributed by atoms with Gasteiger partial charge in [-0.1, -0.05) is 0 Å². The van der Waals surface area contributed by atoms with Crippen molar-refractivity contribution in [3.8, 4) is 11.4 Å². The van der Waals surface area contributed by atoms with Gasteiger partial charge >= 0.3 is 0 Å². The zero-order valence-corrected chi connectivity index (χ0v) is 14.4. The lowest BCUT2D eigenvalue weighted by molar-refractivity contribution is -0.119. The highest BCUT2D eigenvalue weighted by Gasteiger charge is 2.04. The first-order chi connectivity index (χ1) is 13.1. The summed E-state index contributed by atoms with van der Waals surface area (Å²) in [6.07, 6.45) is 5.39. The summed E-state index contributed by atoms with van der Waals surface area (Å²) in [6.45, 7) is -0.174. The van der Waals surface area contributed by atoms with Gasteiger partial charge in [0.05, 0.1) is 6.21 Å². The Hall–Kier alpha value is -3.87. The van der Waals surface area contributed by atoms with Crippen molar-refractivity contribution >= 4 is 18.0 Å². The number of hydrogen-bond donors (Lipinski definition) is 2. The van der Waals surface area contributed by atoms with Crippen LogP contribution in [0, 0.1) is 0 Å². The molecular formula is C20H18N4O3. The molecule has 136 valence electrons. The van der Waals surface area contributed by atoms with Crippen molar-refractivity contribution in [3.63, 3.8) is 0 Å². The fourth-order valence-corrected chi connectivity index (χ4v) is 2.33. The van der Waals surface area contributed by atoms with Crippen LogP contribution in [0.2, 0.25) is 0 Å². The summed E-state index contributed by atoms with van der Waals surface area (Å²) in [5, 5.41) is 3.95. The third-order valence-corrected chi connectivity index (χ3v) is 3.67. The van der Waals surface area contributed by atoms with Crippen LogP contribution in [0.4, 0.5) is 0 Å². The van der Waals surface area contributed by atoms with E-state index in [4.69, 9.17) is 10.5 Å². The van der Waals surface area contributed by atoms with E-state index in [0.717, 1.165) is 11.3 Å². The Kier molecular flexibility index (Phi) is 5.64. The van der Waals surface area contributed by atoms with Crippen LogP contribution in [0.1, 0.15) is 15.9 Å². The zero-order valence-electron chi connectivity index (χ0n) is 14.4. The summed E-state index contributed by atoms with van der Waals surface area (Å²) in [5.74, 6) is -0.311. The lowest BCUT2D eigenvalue weighted by Crippen LogP contribution is -2.20. The van der Waals surface area contributed by atoms with Gasteiger partial charge in [0.25, 0.3) is 11.8 Å². The van der Waals surface area contributed by atoms with E-state index in [1.54, 1.807) is 36.4 Å². The van der Waals surface area contributed by atoms with Crippen LogP contribution in [-0.2, 0) is 4.79 Å². The van der Waals surface area contributed by atoms with E-state index in [2.05, 4.69) is 10.5 Å². The summed E-state index contributed by atoms with van der Waals surface area (Å²) in [4.78, 5) is 22.8. The Morgan fingerprint density at radius 2 is 1.70 bits per heavy atom. The summed E-state index contributed by atoms with van der Waals surface area (Å²) in [5.41, 5.74) is 9.76. The molecule has 0 unspecified atom stereocenters. The summed E-state index contributed by atoms with van der Waals surface area (Å²) in [7, 11) is 0. The van der Waals surface area contributed by atoms with E-state index in [9.17, 15) is 9.59 Å². The number of primary amides is 1. The molecule has 7 heteroatoms. The van der Waals surface area contributed by atoms with Crippen molar-refractivity contribution in [2.24, 2.45) is 10.8 Å². The molecule has 1 heterocycles. The van der Waals surface area contributed by atoms with Crippen LogP contribution in [-0.4, -0.2) is 29.2 Å². The standard InChI is InChI=1S/C20H18N4O3/c21-19(25)14-27-18-9-3-15(4-10-18)13-22-23-20(26)16-5-7-17(8-6-16)24-11-1-2-12-24/h1-13H,14H2,(H2,21,25)(H,23,26)/b22-13+. The minimum Gasteiger partial charge on any atom is -0.484 e. The van der Waals surface area contributed by atoms with Crippen molar-refractivity contribution in [1.82, 2.24) is 9.99 Å². The molecular weight excluding hydrogens is 344 g/mol. The fraction of sp³-hybridized carbons (Fsp3) is 0.0500. The van der Waals surface area contributed by atoms with E-state index in [0.29, 0.717) is 11.3 Å².